The van der Waals surface area contributed by atoms with Crippen molar-refractivity contribution in [1.82, 2.24) is 10.2 Å². The molecule has 1 N–H and O–H groups in total. The van der Waals surface area contributed by atoms with Crippen LogP contribution in [0.5, 0.6) is 0 Å². The molecule has 0 radical (unpaired) electrons. The van der Waals surface area contributed by atoms with E-state index in [4.69, 9.17) is 4.74 Å². The summed E-state index contributed by atoms with van der Waals surface area (Å²) in [6.07, 6.45) is 5.81. The molecule has 2 aliphatic rings. The van der Waals surface area contributed by atoms with Gasteiger partial charge < -0.3 is 15.0 Å². The van der Waals surface area contributed by atoms with E-state index in [1.807, 2.05) is 25.7 Å². The second kappa shape index (κ2) is 6.15. The van der Waals surface area contributed by atoms with E-state index < -0.39 is 5.60 Å². The highest BCUT2D eigenvalue weighted by molar-refractivity contribution is 5.69. The Labute approximate surface area is 129 Å². The van der Waals surface area contributed by atoms with Gasteiger partial charge >= 0.3 is 6.09 Å². The van der Waals surface area contributed by atoms with Crippen LogP contribution < -0.4 is 5.32 Å². The fraction of sp³-hybridized carbons (Fsp3) is 0.941. The van der Waals surface area contributed by atoms with Gasteiger partial charge in [-0.1, -0.05) is 13.8 Å². The summed E-state index contributed by atoms with van der Waals surface area (Å²) >= 11 is 0. The number of carbonyl (C=O) groups excluding carboxylic acids is 1. The molecule has 0 bridgehead atoms. The summed E-state index contributed by atoms with van der Waals surface area (Å²) in [4.78, 5) is 14.2. The lowest BCUT2D eigenvalue weighted by atomic mass is 9.92. The Kier molecular flexibility index (Phi) is 4.86. The third kappa shape index (κ3) is 4.87. The Morgan fingerprint density at radius 2 is 2.05 bits per heavy atom. The summed E-state index contributed by atoms with van der Waals surface area (Å²) in [5.74, 6) is 0. The van der Waals surface area contributed by atoms with Gasteiger partial charge in [-0.25, -0.2) is 4.79 Å². The van der Waals surface area contributed by atoms with E-state index in [0.29, 0.717) is 17.5 Å². The van der Waals surface area contributed by atoms with Crippen LogP contribution in [0, 0.1) is 5.41 Å². The van der Waals surface area contributed by atoms with Crippen molar-refractivity contribution in [2.75, 3.05) is 13.1 Å². The number of carbonyl (C=O) groups is 1. The Morgan fingerprint density at radius 1 is 1.33 bits per heavy atom. The molecule has 4 nitrogen and oxygen atoms in total. The van der Waals surface area contributed by atoms with E-state index >= 15 is 0 Å². The van der Waals surface area contributed by atoms with Crippen molar-refractivity contribution in [3.05, 3.63) is 0 Å². The van der Waals surface area contributed by atoms with E-state index in [9.17, 15) is 4.79 Å². The van der Waals surface area contributed by atoms with Gasteiger partial charge in [0.15, 0.2) is 0 Å². The molecule has 2 atom stereocenters. The Morgan fingerprint density at radius 3 is 2.62 bits per heavy atom. The number of rotatable bonds is 3. The number of hydrogen-bond acceptors (Lipinski definition) is 3. The molecule has 0 aromatic heterocycles. The minimum Gasteiger partial charge on any atom is -0.444 e. The molecule has 0 aromatic rings. The zero-order chi connectivity index (χ0) is 15.7. The van der Waals surface area contributed by atoms with Gasteiger partial charge in [-0.3, -0.25) is 0 Å². The van der Waals surface area contributed by atoms with Crippen LogP contribution in [0.15, 0.2) is 0 Å². The predicted molar refractivity (Wildman–Crippen MR) is 85.4 cm³/mol. The fourth-order valence-corrected chi connectivity index (χ4v) is 3.52. The standard InChI is InChI=1S/C17H32N2O2/c1-16(2,3)21-15(20)19-10-6-7-14(19)12-18-13-8-9-17(4,5)11-13/h13-14,18H,6-12H2,1-5H3. The van der Waals surface area contributed by atoms with Gasteiger partial charge in [0.1, 0.15) is 5.60 Å². The summed E-state index contributed by atoms with van der Waals surface area (Å²) in [5, 5.41) is 3.68. The van der Waals surface area contributed by atoms with Crippen molar-refractivity contribution in [3.8, 4) is 0 Å². The molecule has 0 aromatic carbocycles. The summed E-state index contributed by atoms with van der Waals surface area (Å²) in [7, 11) is 0. The topological polar surface area (TPSA) is 41.6 Å². The van der Waals surface area contributed by atoms with Crippen LogP contribution in [0.25, 0.3) is 0 Å². The quantitative estimate of drug-likeness (QED) is 0.866. The predicted octanol–water partition coefficient (Wildman–Crippen LogP) is 3.55. The molecule has 1 aliphatic heterocycles. The van der Waals surface area contributed by atoms with Crippen LogP contribution in [0.1, 0.15) is 66.7 Å². The number of nitrogens with zero attached hydrogens (tertiary/aromatic N) is 1. The second-order valence-corrected chi connectivity index (χ2v) is 8.48. The third-order valence-corrected chi connectivity index (χ3v) is 4.62. The van der Waals surface area contributed by atoms with Crippen molar-refractivity contribution in [2.24, 2.45) is 5.41 Å². The first-order chi connectivity index (χ1) is 9.66. The molecule has 1 amide bonds. The van der Waals surface area contributed by atoms with Gasteiger partial charge in [0.25, 0.3) is 0 Å². The molecule has 122 valence electrons. The van der Waals surface area contributed by atoms with Gasteiger partial charge in [-0.05, 0) is 58.3 Å². The Balaban J connectivity index is 1.81. The lowest BCUT2D eigenvalue weighted by molar-refractivity contribution is 0.0224. The molecule has 21 heavy (non-hydrogen) atoms. The van der Waals surface area contributed by atoms with Crippen molar-refractivity contribution < 1.29 is 9.53 Å². The van der Waals surface area contributed by atoms with Gasteiger partial charge in [0.05, 0.1) is 0 Å². The monoisotopic (exact) mass is 296 g/mol. The van der Waals surface area contributed by atoms with Crippen LogP contribution in [0.4, 0.5) is 4.79 Å². The third-order valence-electron chi connectivity index (χ3n) is 4.62. The lowest BCUT2D eigenvalue weighted by Crippen LogP contribution is -2.45. The number of hydrogen-bond donors (Lipinski definition) is 1. The molecular weight excluding hydrogens is 264 g/mol. The van der Waals surface area contributed by atoms with Crippen LogP contribution >= 0.6 is 0 Å². The molecule has 4 heteroatoms. The van der Waals surface area contributed by atoms with E-state index in [1.54, 1.807) is 0 Å². The summed E-state index contributed by atoms with van der Waals surface area (Å²) < 4.78 is 5.52. The first-order valence-corrected chi connectivity index (χ1v) is 8.39. The Hall–Kier alpha value is -0.770. The van der Waals surface area contributed by atoms with Gasteiger partial charge in [0.2, 0.25) is 0 Å². The van der Waals surface area contributed by atoms with Crippen molar-refractivity contribution in [3.63, 3.8) is 0 Å². The van der Waals surface area contributed by atoms with Crippen LogP contribution in [-0.2, 0) is 4.74 Å². The van der Waals surface area contributed by atoms with Gasteiger partial charge in [-0.2, -0.15) is 0 Å². The first kappa shape index (κ1) is 16.6. The van der Waals surface area contributed by atoms with Gasteiger partial charge in [0, 0.05) is 25.2 Å². The fourth-order valence-electron chi connectivity index (χ4n) is 3.52. The molecule has 2 fully saturated rings. The highest BCUT2D eigenvalue weighted by Gasteiger charge is 2.34. The summed E-state index contributed by atoms with van der Waals surface area (Å²) in [6.45, 7) is 12.2. The van der Waals surface area contributed by atoms with Crippen molar-refractivity contribution in [2.45, 2.75) is 84.4 Å². The maximum absolute atomic E-state index is 12.2. The zero-order valence-corrected chi connectivity index (χ0v) is 14.4. The van der Waals surface area contributed by atoms with Crippen LogP contribution in [0.2, 0.25) is 0 Å². The molecule has 1 saturated carbocycles. The molecular formula is C17H32N2O2. The largest absolute Gasteiger partial charge is 0.444 e. The highest BCUT2D eigenvalue weighted by Crippen LogP contribution is 2.37. The maximum Gasteiger partial charge on any atom is 0.410 e. The maximum atomic E-state index is 12.2. The highest BCUT2D eigenvalue weighted by atomic mass is 16.6. The first-order valence-electron chi connectivity index (χ1n) is 8.39. The number of likely N-dealkylation sites (tertiary alicyclic amines) is 1. The van der Waals surface area contributed by atoms with E-state index in [0.717, 1.165) is 25.9 Å². The lowest BCUT2D eigenvalue weighted by Gasteiger charge is -2.29. The molecule has 2 unspecified atom stereocenters. The number of nitrogens with one attached hydrogen (secondary N) is 1. The van der Waals surface area contributed by atoms with E-state index in [-0.39, 0.29) is 6.09 Å². The van der Waals surface area contributed by atoms with Gasteiger partial charge in [-0.15, -0.1) is 0 Å². The average molecular weight is 296 g/mol. The molecule has 1 saturated heterocycles. The SMILES string of the molecule is CC1(C)CCC(NCC2CCCN2C(=O)OC(C)(C)C)C1. The minimum atomic E-state index is -0.410. The smallest absolute Gasteiger partial charge is 0.410 e. The normalized spacial score (nSPS) is 28.9. The minimum absolute atomic E-state index is 0.154. The average Bonchev–Trinajstić information content (AvgIpc) is 2.90. The molecule has 1 heterocycles. The molecule has 1 aliphatic carbocycles. The van der Waals surface area contributed by atoms with E-state index in [2.05, 4.69) is 19.2 Å². The van der Waals surface area contributed by atoms with Crippen molar-refractivity contribution >= 4 is 6.09 Å². The van der Waals surface area contributed by atoms with Crippen LogP contribution in [-0.4, -0.2) is 41.8 Å². The van der Waals surface area contributed by atoms with Crippen molar-refractivity contribution in [1.29, 1.82) is 0 Å². The second-order valence-electron chi connectivity index (χ2n) is 8.48. The number of amides is 1. The molecule has 2 rings (SSSR count). The number of ether oxygens (including phenoxy) is 1. The summed E-state index contributed by atoms with van der Waals surface area (Å²) in [6, 6.07) is 0.907. The summed E-state index contributed by atoms with van der Waals surface area (Å²) in [5.41, 5.74) is 0.0608. The van der Waals surface area contributed by atoms with E-state index in [1.165, 1.54) is 19.3 Å². The Bertz CT molecular complexity index is 373. The molecule has 0 spiro atoms. The zero-order valence-electron chi connectivity index (χ0n) is 14.4. The van der Waals surface area contributed by atoms with Crippen LogP contribution in [0.3, 0.4) is 0 Å².